The van der Waals surface area contributed by atoms with E-state index in [4.69, 9.17) is 14.2 Å². The zero-order chi connectivity index (χ0) is 18.3. The molecule has 138 valence electrons. The maximum atomic E-state index is 11.3. The quantitative estimate of drug-likeness (QED) is 0.558. The predicted molar refractivity (Wildman–Crippen MR) is 94.9 cm³/mol. The summed E-state index contributed by atoms with van der Waals surface area (Å²) in [6.45, 7) is 4.81. The molecule has 1 saturated heterocycles. The summed E-state index contributed by atoms with van der Waals surface area (Å²) in [5.41, 5.74) is 0.922. The molecule has 2 rings (SSSR count). The van der Waals surface area contributed by atoms with E-state index in [1.165, 1.54) is 13.2 Å². The number of methoxy groups -OCH3 is 2. The number of benzene rings is 1. The normalized spacial score (nSPS) is 25.8. The van der Waals surface area contributed by atoms with Crippen LogP contribution in [0.5, 0.6) is 0 Å². The Morgan fingerprint density at radius 3 is 2.64 bits per heavy atom. The first-order valence-electron chi connectivity index (χ1n) is 8.55. The van der Waals surface area contributed by atoms with E-state index < -0.39 is 0 Å². The minimum Gasteiger partial charge on any atom is -0.466 e. The first-order valence-corrected chi connectivity index (χ1v) is 8.55. The molecule has 0 amide bonds. The maximum absolute atomic E-state index is 11.3. The third kappa shape index (κ3) is 5.39. The molecule has 1 aromatic rings. The van der Waals surface area contributed by atoms with Gasteiger partial charge >= 0.3 is 5.97 Å². The molecular formula is C20H28O5. The number of rotatable bonds is 7. The van der Waals surface area contributed by atoms with Crippen molar-refractivity contribution in [1.29, 1.82) is 0 Å². The fraction of sp³-hybridized carbons (Fsp3) is 0.550. The summed E-state index contributed by atoms with van der Waals surface area (Å²) in [5, 5.41) is 0. The topological polar surface area (TPSA) is 54.0 Å². The van der Waals surface area contributed by atoms with Crippen molar-refractivity contribution in [2.75, 3.05) is 14.2 Å². The fourth-order valence-electron chi connectivity index (χ4n) is 3.02. The fourth-order valence-corrected chi connectivity index (χ4v) is 3.02. The summed E-state index contributed by atoms with van der Waals surface area (Å²) < 4.78 is 22.3. The van der Waals surface area contributed by atoms with Crippen LogP contribution < -0.4 is 0 Å². The second-order valence-electron chi connectivity index (χ2n) is 6.79. The van der Waals surface area contributed by atoms with Crippen molar-refractivity contribution in [3.05, 3.63) is 48.0 Å². The second kappa shape index (κ2) is 9.13. The van der Waals surface area contributed by atoms with E-state index in [9.17, 15) is 4.79 Å². The lowest BCUT2D eigenvalue weighted by Crippen LogP contribution is -2.51. The van der Waals surface area contributed by atoms with E-state index in [0.717, 1.165) is 5.56 Å². The minimum absolute atomic E-state index is 0.0112. The zero-order valence-electron chi connectivity index (χ0n) is 15.4. The van der Waals surface area contributed by atoms with Crippen LogP contribution in [0.15, 0.2) is 42.5 Å². The number of hydrogen-bond donors (Lipinski definition) is 0. The van der Waals surface area contributed by atoms with E-state index in [2.05, 4.69) is 30.7 Å². The van der Waals surface area contributed by atoms with Crippen LogP contribution in [0.25, 0.3) is 0 Å². The number of carbonyl (C=O) groups is 1. The van der Waals surface area contributed by atoms with Crippen molar-refractivity contribution in [1.82, 2.24) is 0 Å². The maximum Gasteiger partial charge on any atom is 0.330 e. The zero-order valence-corrected chi connectivity index (χ0v) is 15.4. The lowest BCUT2D eigenvalue weighted by Gasteiger charge is -2.47. The van der Waals surface area contributed by atoms with Crippen LogP contribution in [0.3, 0.4) is 0 Å². The summed E-state index contributed by atoms with van der Waals surface area (Å²) in [7, 11) is 3.00. The Morgan fingerprint density at radius 1 is 1.28 bits per heavy atom. The third-order valence-corrected chi connectivity index (χ3v) is 4.74. The Morgan fingerprint density at radius 2 is 2.00 bits per heavy atom. The predicted octanol–water partition coefficient (Wildman–Crippen LogP) is 3.48. The van der Waals surface area contributed by atoms with Gasteiger partial charge in [-0.25, -0.2) is 4.79 Å². The van der Waals surface area contributed by atoms with E-state index in [1.54, 1.807) is 13.2 Å². The summed E-state index contributed by atoms with van der Waals surface area (Å²) in [5.74, 6) is -0.367. The molecule has 25 heavy (non-hydrogen) atoms. The average Bonchev–Trinajstić information content (AvgIpc) is 2.62. The summed E-state index contributed by atoms with van der Waals surface area (Å²) in [4.78, 5) is 11.3. The monoisotopic (exact) mass is 348 g/mol. The molecule has 5 nitrogen and oxygen atoms in total. The molecule has 1 fully saturated rings. The Labute approximate surface area is 149 Å². The van der Waals surface area contributed by atoms with Crippen LogP contribution in [0.1, 0.15) is 32.3 Å². The molecule has 0 unspecified atom stereocenters. The lowest BCUT2D eigenvalue weighted by molar-refractivity contribution is -0.258. The number of hydrogen-bond acceptors (Lipinski definition) is 5. The highest BCUT2D eigenvalue weighted by atomic mass is 16.7. The molecule has 0 spiro atoms. The van der Waals surface area contributed by atoms with Crippen LogP contribution in [-0.4, -0.2) is 38.7 Å². The van der Waals surface area contributed by atoms with Crippen LogP contribution >= 0.6 is 0 Å². The standard InChI is InChI=1S/C20H28O5/c1-20(2)16(11-8-12-18(21)22-3)25-19(23-4)13-17(20)24-14-15-9-6-5-7-10-15/h5-10,12,16-17,19H,11,13-14H2,1-4H3/b12-8+/t16-,17-,19-/m1/s1. The van der Waals surface area contributed by atoms with Crippen LogP contribution in [-0.2, 0) is 30.3 Å². The van der Waals surface area contributed by atoms with E-state index >= 15 is 0 Å². The Kier molecular flexibility index (Phi) is 7.17. The van der Waals surface area contributed by atoms with Gasteiger partial charge in [0.2, 0.25) is 0 Å². The van der Waals surface area contributed by atoms with Crippen molar-refractivity contribution >= 4 is 5.97 Å². The molecule has 1 heterocycles. The molecule has 0 bridgehead atoms. The SMILES string of the molecule is COC(=O)/C=C/C[C@H]1O[C@@H](OC)C[C@@H](OCc2ccccc2)C1(C)C. The van der Waals surface area contributed by atoms with Crippen molar-refractivity contribution < 1.29 is 23.7 Å². The van der Waals surface area contributed by atoms with Crippen molar-refractivity contribution in [2.24, 2.45) is 5.41 Å². The molecule has 0 saturated carbocycles. The summed E-state index contributed by atoms with van der Waals surface area (Å²) in [6.07, 6.45) is 4.03. The molecule has 0 aromatic heterocycles. The van der Waals surface area contributed by atoms with Gasteiger partial charge in [0, 0.05) is 25.0 Å². The highest BCUT2D eigenvalue weighted by molar-refractivity contribution is 5.81. The first-order chi connectivity index (χ1) is 12.0. The Bertz CT molecular complexity index is 567. The lowest BCUT2D eigenvalue weighted by atomic mass is 9.76. The van der Waals surface area contributed by atoms with Crippen molar-refractivity contribution in [2.45, 2.75) is 51.8 Å². The molecule has 3 atom stereocenters. The molecule has 1 aliphatic heterocycles. The van der Waals surface area contributed by atoms with Gasteiger partial charge in [0.05, 0.1) is 25.9 Å². The molecular weight excluding hydrogens is 320 g/mol. The Hall–Kier alpha value is -1.69. The molecule has 1 aromatic carbocycles. The molecule has 1 aliphatic rings. The molecule has 0 aliphatic carbocycles. The number of ether oxygens (including phenoxy) is 4. The van der Waals surface area contributed by atoms with E-state index in [-0.39, 0.29) is 29.9 Å². The first kappa shape index (κ1) is 19.6. The van der Waals surface area contributed by atoms with Gasteiger partial charge in [-0.15, -0.1) is 0 Å². The highest BCUT2D eigenvalue weighted by Crippen LogP contribution is 2.40. The van der Waals surface area contributed by atoms with Gasteiger partial charge in [-0.2, -0.15) is 0 Å². The minimum atomic E-state index is -0.367. The number of esters is 1. The van der Waals surface area contributed by atoms with Gasteiger partial charge in [-0.1, -0.05) is 50.3 Å². The van der Waals surface area contributed by atoms with Gasteiger partial charge < -0.3 is 18.9 Å². The van der Waals surface area contributed by atoms with Gasteiger partial charge in [-0.05, 0) is 12.0 Å². The van der Waals surface area contributed by atoms with Gasteiger partial charge in [-0.3, -0.25) is 0 Å². The van der Waals surface area contributed by atoms with Crippen molar-refractivity contribution in [3.63, 3.8) is 0 Å². The van der Waals surface area contributed by atoms with Gasteiger partial charge in [0.15, 0.2) is 6.29 Å². The molecule has 0 N–H and O–H groups in total. The Balaban J connectivity index is 2.04. The van der Waals surface area contributed by atoms with Crippen molar-refractivity contribution in [3.8, 4) is 0 Å². The van der Waals surface area contributed by atoms with Gasteiger partial charge in [0.1, 0.15) is 0 Å². The van der Waals surface area contributed by atoms with Crippen LogP contribution in [0.2, 0.25) is 0 Å². The molecule has 0 radical (unpaired) electrons. The number of carbonyl (C=O) groups excluding carboxylic acids is 1. The molecule has 5 heteroatoms. The second-order valence-corrected chi connectivity index (χ2v) is 6.79. The third-order valence-electron chi connectivity index (χ3n) is 4.74. The van der Waals surface area contributed by atoms with Gasteiger partial charge in [0.25, 0.3) is 0 Å². The van der Waals surface area contributed by atoms with E-state index in [0.29, 0.717) is 19.4 Å². The van der Waals surface area contributed by atoms with E-state index in [1.807, 2.05) is 18.2 Å². The van der Waals surface area contributed by atoms with Crippen LogP contribution in [0.4, 0.5) is 0 Å². The summed E-state index contributed by atoms with van der Waals surface area (Å²) >= 11 is 0. The largest absolute Gasteiger partial charge is 0.466 e. The van der Waals surface area contributed by atoms with Crippen LogP contribution in [0, 0.1) is 5.41 Å². The highest BCUT2D eigenvalue weighted by Gasteiger charge is 2.45. The summed E-state index contributed by atoms with van der Waals surface area (Å²) in [6, 6.07) is 10.1. The smallest absolute Gasteiger partial charge is 0.330 e. The average molecular weight is 348 g/mol.